The molecule has 0 atom stereocenters. The number of hydrogen-bond donors (Lipinski definition) is 1. The van der Waals surface area contributed by atoms with E-state index < -0.39 is 6.09 Å². The molecule has 3 aromatic rings. The van der Waals surface area contributed by atoms with Gasteiger partial charge in [0.2, 0.25) is 0 Å². The molecular formula is C24H24N2O4. The number of carbonyl (C=O) groups excluding carboxylic acids is 2. The molecule has 0 aliphatic carbocycles. The van der Waals surface area contributed by atoms with E-state index in [1.807, 2.05) is 39.0 Å². The number of methoxy groups -OCH3 is 1. The van der Waals surface area contributed by atoms with Gasteiger partial charge in [-0.15, -0.1) is 0 Å². The van der Waals surface area contributed by atoms with Crippen LogP contribution in [0.25, 0.3) is 11.1 Å². The first-order valence-electron chi connectivity index (χ1n) is 9.53. The quantitative estimate of drug-likeness (QED) is 0.598. The summed E-state index contributed by atoms with van der Waals surface area (Å²) >= 11 is 0. The Balaban J connectivity index is 1.71. The van der Waals surface area contributed by atoms with Gasteiger partial charge >= 0.3 is 6.09 Å². The predicted octanol–water partition coefficient (Wildman–Crippen LogP) is 4.78. The second kappa shape index (κ2) is 9.22. The van der Waals surface area contributed by atoms with Gasteiger partial charge in [0.1, 0.15) is 17.8 Å². The van der Waals surface area contributed by atoms with Gasteiger partial charge in [-0.25, -0.2) is 4.79 Å². The van der Waals surface area contributed by atoms with Crippen LogP contribution in [0.15, 0.2) is 48.7 Å². The second-order valence-electron chi connectivity index (χ2n) is 7.06. The van der Waals surface area contributed by atoms with Gasteiger partial charge in [0.05, 0.1) is 19.3 Å². The first kappa shape index (κ1) is 21.0. The Hall–Kier alpha value is -3.67. The summed E-state index contributed by atoms with van der Waals surface area (Å²) in [6.07, 6.45) is 1.96. The fraction of sp³-hybridized carbons (Fsp3) is 0.208. The van der Waals surface area contributed by atoms with E-state index in [9.17, 15) is 9.59 Å². The summed E-state index contributed by atoms with van der Waals surface area (Å²) in [5, 5.41) is 2.73. The normalized spacial score (nSPS) is 10.4. The lowest BCUT2D eigenvalue weighted by atomic mass is 10.0. The molecule has 0 saturated carbocycles. The largest absolute Gasteiger partial charge is 0.496 e. The second-order valence-corrected chi connectivity index (χ2v) is 7.06. The van der Waals surface area contributed by atoms with Crippen molar-refractivity contribution in [2.45, 2.75) is 27.3 Å². The molecule has 2 aromatic carbocycles. The minimum atomic E-state index is -0.566. The molecule has 6 heteroatoms. The molecule has 0 spiro atoms. The number of amides is 1. The van der Waals surface area contributed by atoms with Gasteiger partial charge in [0.15, 0.2) is 0 Å². The number of hydrogen-bond acceptors (Lipinski definition) is 5. The minimum absolute atomic E-state index is 0.229. The van der Waals surface area contributed by atoms with Gasteiger partial charge in [-0.05, 0) is 49.6 Å². The molecule has 0 unspecified atom stereocenters. The minimum Gasteiger partial charge on any atom is -0.496 e. The maximum absolute atomic E-state index is 12.3. The van der Waals surface area contributed by atoms with Crippen molar-refractivity contribution >= 4 is 12.4 Å². The Morgan fingerprint density at radius 3 is 2.47 bits per heavy atom. The zero-order valence-corrected chi connectivity index (χ0v) is 17.5. The molecule has 3 rings (SSSR count). The molecule has 0 aliphatic rings. The molecule has 0 aliphatic heterocycles. The molecule has 154 valence electrons. The van der Waals surface area contributed by atoms with Crippen molar-refractivity contribution in [2.75, 3.05) is 7.11 Å². The van der Waals surface area contributed by atoms with Crippen LogP contribution in [-0.2, 0) is 6.54 Å². The molecule has 0 saturated heterocycles. The number of aromatic nitrogens is 1. The molecule has 1 amide bonds. The van der Waals surface area contributed by atoms with Gasteiger partial charge in [-0.1, -0.05) is 30.3 Å². The van der Waals surface area contributed by atoms with Crippen LogP contribution in [0.2, 0.25) is 0 Å². The molecule has 0 bridgehead atoms. The van der Waals surface area contributed by atoms with Crippen molar-refractivity contribution in [3.05, 3.63) is 76.6 Å². The number of carbonyl (C=O) groups is 2. The lowest BCUT2D eigenvalue weighted by Crippen LogP contribution is -2.27. The molecule has 6 nitrogen and oxygen atoms in total. The third-order valence-electron chi connectivity index (χ3n) is 4.79. The summed E-state index contributed by atoms with van der Waals surface area (Å²) in [6, 6.07) is 12.8. The van der Waals surface area contributed by atoms with Crippen LogP contribution in [0, 0.1) is 20.8 Å². The van der Waals surface area contributed by atoms with Crippen LogP contribution in [0.5, 0.6) is 11.5 Å². The van der Waals surface area contributed by atoms with Crippen LogP contribution >= 0.6 is 0 Å². The van der Waals surface area contributed by atoms with Gasteiger partial charge in [-0.3, -0.25) is 9.78 Å². The zero-order valence-electron chi connectivity index (χ0n) is 17.5. The molecule has 1 aromatic heterocycles. The number of rotatable bonds is 6. The van der Waals surface area contributed by atoms with Crippen LogP contribution in [-0.4, -0.2) is 24.5 Å². The fourth-order valence-corrected chi connectivity index (χ4v) is 3.28. The highest BCUT2D eigenvalue weighted by molar-refractivity contribution is 5.77. The van der Waals surface area contributed by atoms with Crippen LogP contribution in [0.3, 0.4) is 0 Å². The summed E-state index contributed by atoms with van der Waals surface area (Å²) in [7, 11) is 1.61. The Labute approximate surface area is 175 Å². The van der Waals surface area contributed by atoms with E-state index in [1.165, 1.54) is 0 Å². The number of nitrogens with zero attached hydrogens (tertiary/aromatic N) is 1. The highest BCUT2D eigenvalue weighted by Gasteiger charge is 2.12. The molecular weight excluding hydrogens is 380 g/mol. The first-order valence-corrected chi connectivity index (χ1v) is 9.53. The Kier molecular flexibility index (Phi) is 6.47. The Morgan fingerprint density at radius 2 is 1.80 bits per heavy atom. The molecule has 1 N–H and O–H groups in total. The average Bonchev–Trinajstić information content (AvgIpc) is 2.73. The number of aldehydes is 1. The maximum Gasteiger partial charge on any atom is 0.412 e. The SMILES string of the molecule is COc1c(C)cnc(CNC(=O)Oc2cc(C)cc(-c3ccc(C=O)cc3)c2)c1C. The van der Waals surface area contributed by atoms with E-state index in [0.29, 0.717) is 11.3 Å². The summed E-state index contributed by atoms with van der Waals surface area (Å²) < 4.78 is 10.9. The monoisotopic (exact) mass is 404 g/mol. The third-order valence-corrected chi connectivity index (χ3v) is 4.79. The molecule has 1 heterocycles. The highest BCUT2D eigenvalue weighted by Crippen LogP contribution is 2.27. The smallest absolute Gasteiger partial charge is 0.412 e. The van der Waals surface area contributed by atoms with Crippen LogP contribution in [0.4, 0.5) is 4.79 Å². The summed E-state index contributed by atoms with van der Waals surface area (Å²) in [5.74, 6) is 1.20. The lowest BCUT2D eigenvalue weighted by molar-refractivity contribution is 0.112. The van der Waals surface area contributed by atoms with E-state index in [4.69, 9.17) is 9.47 Å². The third kappa shape index (κ3) is 4.84. The fourth-order valence-electron chi connectivity index (χ4n) is 3.28. The van der Waals surface area contributed by atoms with Gasteiger partial charge in [-0.2, -0.15) is 0 Å². The van der Waals surface area contributed by atoms with Crippen molar-refractivity contribution in [3.8, 4) is 22.6 Å². The lowest BCUT2D eigenvalue weighted by Gasteiger charge is -2.13. The molecule has 0 radical (unpaired) electrons. The summed E-state index contributed by atoms with van der Waals surface area (Å²) in [4.78, 5) is 27.5. The van der Waals surface area contributed by atoms with Crippen molar-refractivity contribution in [2.24, 2.45) is 0 Å². The number of pyridine rings is 1. The van der Waals surface area contributed by atoms with Gasteiger partial charge in [0.25, 0.3) is 0 Å². The number of aryl methyl sites for hydroxylation is 2. The van der Waals surface area contributed by atoms with Crippen molar-refractivity contribution in [3.63, 3.8) is 0 Å². The zero-order chi connectivity index (χ0) is 21.7. The Bertz CT molecular complexity index is 1080. The standard InChI is InChI=1S/C24H24N2O4/c1-15-9-20(19-7-5-18(14-27)6-8-19)11-21(10-15)30-24(28)26-13-22-17(3)23(29-4)16(2)12-25-22/h5-12,14H,13H2,1-4H3,(H,26,28). The van der Waals surface area contributed by atoms with E-state index in [0.717, 1.165) is 45.5 Å². The van der Waals surface area contributed by atoms with Crippen molar-refractivity contribution in [1.82, 2.24) is 10.3 Å². The number of benzene rings is 2. The van der Waals surface area contributed by atoms with E-state index >= 15 is 0 Å². The van der Waals surface area contributed by atoms with E-state index in [2.05, 4.69) is 10.3 Å². The molecule has 0 fully saturated rings. The average molecular weight is 404 g/mol. The molecule has 30 heavy (non-hydrogen) atoms. The van der Waals surface area contributed by atoms with Crippen LogP contribution in [0.1, 0.15) is 32.7 Å². The van der Waals surface area contributed by atoms with Gasteiger partial charge < -0.3 is 14.8 Å². The highest BCUT2D eigenvalue weighted by atomic mass is 16.6. The first-order chi connectivity index (χ1) is 14.4. The summed E-state index contributed by atoms with van der Waals surface area (Å²) in [5.41, 5.74) is 5.94. The van der Waals surface area contributed by atoms with Crippen molar-refractivity contribution < 1.29 is 19.1 Å². The number of ether oxygens (including phenoxy) is 2. The summed E-state index contributed by atoms with van der Waals surface area (Å²) in [6.45, 7) is 5.99. The van der Waals surface area contributed by atoms with Crippen LogP contribution < -0.4 is 14.8 Å². The van der Waals surface area contributed by atoms with Gasteiger partial charge in [0, 0.05) is 22.9 Å². The Morgan fingerprint density at radius 1 is 1.07 bits per heavy atom. The van der Waals surface area contributed by atoms with Crippen molar-refractivity contribution in [1.29, 1.82) is 0 Å². The predicted molar refractivity (Wildman–Crippen MR) is 115 cm³/mol. The van der Waals surface area contributed by atoms with E-state index in [1.54, 1.807) is 37.6 Å². The van der Waals surface area contributed by atoms with E-state index in [-0.39, 0.29) is 6.54 Å². The maximum atomic E-state index is 12.3. The number of nitrogens with one attached hydrogen (secondary N) is 1. The topological polar surface area (TPSA) is 77.5 Å².